The Labute approximate surface area is 119 Å². The number of anilines is 1. The molecule has 0 fully saturated rings. The van der Waals surface area contributed by atoms with Crippen molar-refractivity contribution in [2.24, 2.45) is 0 Å². The number of halogens is 1. The summed E-state index contributed by atoms with van der Waals surface area (Å²) in [7, 11) is 0. The van der Waals surface area contributed by atoms with Crippen LogP contribution in [0.1, 0.15) is 28.9 Å². The molecule has 0 saturated carbocycles. The smallest absolute Gasteiger partial charge is 0.295 e. The Morgan fingerprint density at radius 1 is 1.50 bits per heavy atom. The van der Waals surface area contributed by atoms with E-state index >= 15 is 0 Å². The number of aryl methyl sites for hydroxylation is 1. The van der Waals surface area contributed by atoms with Crippen molar-refractivity contribution in [3.8, 4) is 0 Å². The normalized spacial score (nSPS) is 10.4. The van der Waals surface area contributed by atoms with Gasteiger partial charge in [0.15, 0.2) is 0 Å². The molecule has 0 aliphatic carbocycles. The van der Waals surface area contributed by atoms with Crippen molar-refractivity contribution in [3.63, 3.8) is 0 Å². The summed E-state index contributed by atoms with van der Waals surface area (Å²) in [5.41, 5.74) is 1.83. The van der Waals surface area contributed by atoms with Crippen LogP contribution in [0.3, 0.4) is 0 Å². The van der Waals surface area contributed by atoms with Crippen LogP contribution in [0.25, 0.3) is 0 Å². The van der Waals surface area contributed by atoms with Gasteiger partial charge in [-0.3, -0.25) is 9.89 Å². The first-order valence-electron chi connectivity index (χ1n) is 5.59. The predicted molar refractivity (Wildman–Crippen MR) is 77.6 cm³/mol. The molecule has 5 nitrogen and oxygen atoms in total. The lowest BCUT2D eigenvalue weighted by atomic mass is 10.2. The molecule has 0 aliphatic rings. The summed E-state index contributed by atoms with van der Waals surface area (Å²) < 4.78 is 1.11. The first-order chi connectivity index (χ1) is 8.61. The largest absolute Gasteiger partial charge is 0.319 e. The molecule has 0 bridgehead atoms. The minimum absolute atomic E-state index is 0.171. The summed E-state index contributed by atoms with van der Waals surface area (Å²) in [6, 6.07) is 5.76. The number of benzene rings is 1. The third-order valence-corrected chi connectivity index (χ3v) is 3.75. The molecule has 1 amide bonds. The van der Waals surface area contributed by atoms with Crippen molar-refractivity contribution in [3.05, 3.63) is 39.0 Å². The van der Waals surface area contributed by atoms with Gasteiger partial charge in [-0.15, -0.1) is 5.10 Å². The van der Waals surface area contributed by atoms with Crippen LogP contribution in [-0.2, 0) is 6.42 Å². The third-order valence-electron chi connectivity index (χ3n) is 2.59. The van der Waals surface area contributed by atoms with Crippen molar-refractivity contribution < 1.29 is 4.79 Å². The second kappa shape index (κ2) is 5.47. The van der Waals surface area contributed by atoms with Crippen molar-refractivity contribution in [2.75, 3.05) is 5.32 Å². The zero-order chi connectivity index (χ0) is 13.1. The number of carbonyl (C=O) groups excluding carboxylic acids is 1. The highest BCUT2D eigenvalue weighted by molar-refractivity contribution is 14.1. The Morgan fingerprint density at radius 3 is 2.94 bits per heavy atom. The average molecular weight is 356 g/mol. The predicted octanol–water partition coefficient (Wildman–Crippen LogP) is 2.53. The fourth-order valence-electron chi connectivity index (χ4n) is 1.48. The van der Waals surface area contributed by atoms with Gasteiger partial charge in [0, 0.05) is 15.7 Å². The fourth-order valence-corrected chi connectivity index (χ4v) is 1.97. The van der Waals surface area contributed by atoms with E-state index in [2.05, 4.69) is 43.1 Å². The van der Waals surface area contributed by atoms with Crippen LogP contribution >= 0.6 is 22.6 Å². The van der Waals surface area contributed by atoms with E-state index in [1.165, 1.54) is 0 Å². The van der Waals surface area contributed by atoms with E-state index < -0.39 is 0 Å². The van der Waals surface area contributed by atoms with E-state index in [0.29, 0.717) is 5.82 Å². The topological polar surface area (TPSA) is 70.7 Å². The maximum atomic E-state index is 11.9. The Morgan fingerprint density at radius 2 is 2.28 bits per heavy atom. The van der Waals surface area contributed by atoms with Crippen LogP contribution in [0.4, 0.5) is 5.69 Å². The molecule has 2 rings (SSSR count). The molecular formula is C12H13IN4O. The van der Waals surface area contributed by atoms with Crippen LogP contribution in [0, 0.1) is 10.5 Å². The molecular weight excluding hydrogens is 343 g/mol. The van der Waals surface area contributed by atoms with Gasteiger partial charge in [0.25, 0.3) is 5.91 Å². The molecule has 94 valence electrons. The van der Waals surface area contributed by atoms with E-state index in [-0.39, 0.29) is 11.7 Å². The number of nitrogens with one attached hydrogen (secondary N) is 2. The van der Waals surface area contributed by atoms with Gasteiger partial charge in [-0.2, -0.15) is 0 Å². The number of hydrogen-bond acceptors (Lipinski definition) is 3. The molecule has 0 saturated heterocycles. The number of rotatable bonds is 3. The van der Waals surface area contributed by atoms with Crippen molar-refractivity contribution in [1.29, 1.82) is 0 Å². The zero-order valence-electron chi connectivity index (χ0n) is 10.1. The van der Waals surface area contributed by atoms with Crippen molar-refractivity contribution in [2.45, 2.75) is 20.3 Å². The number of hydrogen-bond donors (Lipinski definition) is 2. The Balaban J connectivity index is 2.18. The standard InChI is InChI=1S/C12H13IN4O/c1-3-10-15-11(17-16-10)12(18)14-9-6-4-5-8(13)7(9)2/h4-6H,3H2,1-2H3,(H,14,18)(H,15,16,17). The van der Waals surface area contributed by atoms with Crippen molar-refractivity contribution in [1.82, 2.24) is 15.2 Å². The molecule has 0 spiro atoms. The van der Waals surface area contributed by atoms with Gasteiger partial charge in [0.05, 0.1) is 0 Å². The highest BCUT2D eigenvalue weighted by atomic mass is 127. The second-order valence-electron chi connectivity index (χ2n) is 3.83. The summed E-state index contributed by atoms with van der Waals surface area (Å²) in [6.07, 6.45) is 0.725. The second-order valence-corrected chi connectivity index (χ2v) is 4.99. The molecule has 2 N–H and O–H groups in total. The monoisotopic (exact) mass is 356 g/mol. The zero-order valence-corrected chi connectivity index (χ0v) is 12.3. The van der Waals surface area contributed by atoms with Gasteiger partial charge in [0.2, 0.25) is 5.82 Å². The molecule has 0 atom stereocenters. The minimum atomic E-state index is -0.295. The van der Waals surface area contributed by atoms with Gasteiger partial charge in [-0.05, 0) is 47.2 Å². The lowest BCUT2D eigenvalue weighted by Crippen LogP contribution is -2.14. The Hall–Kier alpha value is -1.44. The van der Waals surface area contributed by atoms with Crippen LogP contribution in [0.5, 0.6) is 0 Å². The SMILES string of the molecule is CCc1nc(C(=O)Nc2cccc(I)c2C)n[nH]1. The fraction of sp³-hybridized carbons (Fsp3) is 0.250. The minimum Gasteiger partial charge on any atom is -0.319 e. The number of amides is 1. The highest BCUT2D eigenvalue weighted by Gasteiger charge is 2.13. The number of aromatic amines is 1. The Bertz CT molecular complexity index is 579. The van der Waals surface area contributed by atoms with Crippen LogP contribution in [-0.4, -0.2) is 21.1 Å². The highest BCUT2D eigenvalue weighted by Crippen LogP contribution is 2.20. The maximum absolute atomic E-state index is 11.9. The quantitative estimate of drug-likeness (QED) is 0.831. The first kappa shape index (κ1) is 13.0. The number of aromatic nitrogens is 3. The molecule has 1 heterocycles. The molecule has 6 heteroatoms. The molecule has 1 aromatic carbocycles. The number of nitrogens with zero attached hydrogens (tertiary/aromatic N) is 2. The summed E-state index contributed by atoms with van der Waals surface area (Å²) in [6.45, 7) is 3.92. The molecule has 0 radical (unpaired) electrons. The lowest BCUT2D eigenvalue weighted by molar-refractivity contribution is 0.101. The summed E-state index contributed by atoms with van der Waals surface area (Å²) >= 11 is 2.23. The van der Waals surface area contributed by atoms with Crippen molar-refractivity contribution >= 4 is 34.2 Å². The lowest BCUT2D eigenvalue weighted by Gasteiger charge is -2.07. The molecule has 18 heavy (non-hydrogen) atoms. The summed E-state index contributed by atoms with van der Waals surface area (Å²) in [4.78, 5) is 16.0. The number of H-pyrrole nitrogens is 1. The van der Waals surface area contributed by atoms with E-state index in [1.54, 1.807) is 0 Å². The van der Waals surface area contributed by atoms with E-state index in [1.807, 2.05) is 32.0 Å². The third kappa shape index (κ3) is 2.69. The van der Waals surface area contributed by atoms with E-state index in [0.717, 1.165) is 21.2 Å². The Kier molecular flexibility index (Phi) is 3.95. The van der Waals surface area contributed by atoms with Crippen LogP contribution in [0.15, 0.2) is 18.2 Å². The summed E-state index contributed by atoms with van der Waals surface area (Å²) in [5.74, 6) is 0.584. The maximum Gasteiger partial charge on any atom is 0.295 e. The average Bonchev–Trinajstić information content (AvgIpc) is 2.83. The molecule has 2 aromatic rings. The van der Waals surface area contributed by atoms with Crippen LogP contribution in [0.2, 0.25) is 0 Å². The van der Waals surface area contributed by atoms with Gasteiger partial charge < -0.3 is 5.32 Å². The molecule has 1 aromatic heterocycles. The number of carbonyl (C=O) groups is 1. The van der Waals surface area contributed by atoms with E-state index in [9.17, 15) is 4.79 Å². The van der Waals surface area contributed by atoms with Gasteiger partial charge >= 0.3 is 0 Å². The van der Waals surface area contributed by atoms with E-state index in [4.69, 9.17) is 0 Å². The van der Waals surface area contributed by atoms with Crippen LogP contribution < -0.4 is 5.32 Å². The van der Waals surface area contributed by atoms with Gasteiger partial charge in [-0.1, -0.05) is 13.0 Å². The van der Waals surface area contributed by atoms with Gasteiger partial charge in [-0.25, -0.2) is 4.98 Å². The molecule has 0 aliphatic heterocycles. The molecule has 0 unspecified atom stereocenters. The summed E-state index contributed by atoms with van der Waals surface area (Å²) in [5, 5.41) is 9.43. The van der Waals surface area contributed by atoms with Gasteiger partial charge in [0.1, 0.15) is 5.82 Å². The first-order valence-corrected chi connectivity index (χ1v) is 6.67.